The van der Waals surface area contributed by atoms with E-state index in [1.807, 2.05) is 64.1 Å². The lowest BCUT2D eigenvalue weighted by Gasteiger charge is -2.34. The molecule has 216 valence electrons. The second-order valence-corrected chi connectivity index (χ2v) is 11.0. The summed E-state index contributed by atoms with van der Waals surface area (Å²) in [5, 5.41) is 5.61. The number of nitrogens with one attached hydrogen (secondary N) is 2. The van der Waals surface area contributed by atoms with Crippen LogP contribution < -0.4 is 16.4 Å². The van der Waals surface area contributed by atoms with Crippen LogP contribution in [0.25, 0.3) is 0 Å². The van der Waals surface area contributed by atoms with Crippen molar-refractivity contribution >= 4 is 29.5 Å². The van der Waals surface area contributed by atoms with Crippen LogP contribution >= 0.6 is 0 Å². The highest BCUT2D eigenvalue weighted by atomic mass is 16.6. The average Bonchev–Trinajstić information content (AvgIpc) is 2.84. The van der Waals surface area contributed by atoms with E-state index in [4.69, 9.17) is 10.5 Å². The zero-order valence-electron chi connectivity index (χ0n) is 24.6. The second-order valence-electron chi connectivity index (χ2n) is 11.0. The number of carbonyl (C=O) groups is 4. The number of hydrogen-bond acceptors (Lipinski definition) is 5. The maximum absolute atomic E-state index is 14.1. The summed E-state index contributed by atoms with van der Waals surface area (Å²) in [6, 6.07) is 9.14. The van der Waals surface area contributed by atoms with Gasteiger partial charge in [-0.3, -0.25) is 14.4 Å². The third-order valence-electron chi connectivity index (χ3n) is 6.30. The lowest BCUT2D eigenvalue weighted by atomic mass is 9.95. The van der Waals surface area contributed by atoms with E-state index in [2.05, 4.69) is 17.2 Å². The molecule has 2 rings (SSSR count). The predicted molar refractivity (Wildman–Crippen MR) is 157 cm³/mol. The third kappa shape index (κ3) is 8.97. The first kappa shape index (κ1) is 32.1. The minimum atomic E-state index is -1.18. The Morgan fingerprint density at radius 2 is 1.65 bits per heavy atom. The number of alkyl carbamates (subject to hydrolysis) is 1. The van der Waals surface area contributed by atoms with E-state index in [0.29, 0.717) is 11.3 Å². The number of benzene rings is 2. The first-order valence-electron chi connectivity index (χ1n) is 13.3. The Morgan fingerprint density at radius 3 is 2.20 bits per heavy atom. The Hall–Kier alpha value is -4.14. The molecule has 0 saturated heterocycles. The Balaban J connectivity index is 2.61. The molecule has 9 nitrogen and oxygen atoms in total. The van der Waals surface area contributed by atoms with E-state index in [9.17, 15) is 19.2 Å². The van der Waals surface area contributed by atoms with Crippen molar-refractivity contribution in [2.45, 2.75) is 79.0 Å². The van der Waals surface area contributed by atoms with E-state index in [0.717, 1.165) is 22.3 Å². The summed E-state index contributed by atoms with van der Waals surface area (Å²) in [7, 11) is 0. The fourth-order valence-electron chi connectivity index (χ4n) is 4.36. The molecule has 0 fully saturated rings. The molecule has 0 heterocycles. The SMILES string of the molecule is C=CCN(C(=O)C(CCC(N)=O)NC(=O)OC(C)(C)C)C(C(=O)Nc1c(C)cccc1C)c1cc(C)ccc1C. The molecule has 2 atom stereocenters. The zero-order chi connectivity index (χ0) is 30.2. The zero-order valence-corrected chi connectivity index (χ0v) is 24.6. The molecule has 4 N–H and O–H groups in total. The normalized spacial score (nSPS) is 12.6. The molecular weight excluding hydrogens is 508 g/mol. The van der Waals surface area contributed by atoms with Crippen LogP contribution in [0.5, 0.6) is 0 Å². The van der Waals surface area contributed by atoms with Crippen molar-refractivity contribution < 1.29 is 23.9 Å². The Bertz CT molecular complexity index is 1240. The molecule has 0 aliphatic rings. The van der Waals surface area contributed by atoms with E-state index in [1.165, 1.54) is 11.0 Å². The van der Waals surface area contributed by atoms with Crippen LogP contribution in [0.2, 0.25) is 0 Å². The van der Waals surface area contributed by atoms with Gasteiger partial charge in [0.15, 0.2) is 0 Å². The number of rotatable bonds is 11. The highest BCUT2D eigenvalue weighted by molar-refractivity contribution is 6.00. The van der Waals surface area contributed by atoms with Gasteiger partial charge < -0.3 is 26.0 Å². The molecular formula is C31H42N4O5. The maximum Gasteiger partial charge on any atom is 0.408 e. The van der Waals surface area contributed by atoms with Crippen molar-refractivity contribution in [3.63, 3.8) is 0 Å². The van der Waals surface area contributed by atoms with Crippen LogP contribution in [0.3, 0.4) is 0 Å². The van der Waals surface area contributed by atoms with Crippen molar-refractivity contribution in [3.8, 4) is 0 Å². The van der Waals surface area contributed by atoms with Gasteiger partial charge in [0.05, 0.1) is 0 Å². The molecule has 0 saturated carbocycles. The van der Waals surface area contributed by atoms with Crippen LogP contribution in [0, 0.1) is 27.7 Å². The highest BCUT2D eigenvalue weighted by Crippen LogP contribution is 2.30. The Labute approximate surface area is 237 Å². The van der Waals surface area contributed by atoms with E-state index in [1.54, 1.807) is 20.8 Å². The molecule has 2 aromatic rings. The first-order valence-corrected chi connectivity index (χ1v) is 13.3. The van der Waals surface area contributed by atoms with Crippen LogP contribution in [0.1, 0.15) is 67.5 Å². The lowest BCUT2D eigenvalue weighted by Crippen LogP contribution is -2.52. The lowest BCUT2D eigenvalue weighted by molar-refractivity contribution is -0.140. The van der Waals surface area contributed by atoms with Crippen molar-refractivity contribution in [2.24, 2.45) is 5.73 Å². The molecule has 0 aromatic heterocycles. The minimum Gasteiger partial charge on any atom is -0.444 e. The molecule has 2 unspecified atom stereocenters. The summed E-state index contributed by atoms with van der Waals surface area (Å²) in [5.74, 6) is -1.63. The monoisotopic (exact) mass is 550 g/mol. The number of amides is 4. The molecule has 4 amide bonds. The number of ether oxygens (including phenoxy) is 1. The van der Waals surface area contributed by atoms with E-state index in [-0.39, 0.29) is 19.4 Å². The molecule has 0 bridgehead atoms. The summed E-state index contributed by atoms with van der Waals surface area (Å²) < 4.78 is 5.36. The van der Waals surface area contributed by atoms with Crippen molar-refractivity contribution in [3.05, 3.63) is 76.9 Å². The van der Waals surface area contributed by atoms with E-state index >= 15 is 0 Å². The van der Waals surface area contributed by atoms with Crippen molar-refractivity contribution in [2.75, 3.05) is 11.9 Å². The van der Waals surface area contributed by atoms with Gasteiger partial charge in [-0.05, 0) is 77.1 Å². The van der Waals surface area contributed by atoms with Crippen molar-refractivity contribution in [1.82, 2.24) is 10.2 Å². The Kier molecular flexibility index (Phi) is 11.0. The van der Waals surface area contributed by atoms with E-state index < -0.39 is 41.5 Å². The number of aryl methyl sites for hydroxylation is 4. The molecule has 9 heteroatoms. The summed E-state index contributed by atoms with van der Waals surface area (Å²) in [6.45, 7) is 16.5. The first-order chi connectivity index (χ1) is 18.6. The molecule has 0 radical (unpaired) electrons. The number of nitrogens with zero attached hydrogens (tertiary/aromatic N) is 1. The van der Waals surface area contributed by atoms with Gasteiger partial charge in [0.25, 0.3) is 5.91 Å². The summed E-state index contributed by atoms with van der Waals surface area (Å²) >= 11 is 0. The summed E-state index contributed by atoms with van der Waals surface area (Å²) in [6.07, 6.45) is 0.467. The van der Waals surface area contributed by atoms with Gasteiger partial charge in [-0.15, -0.1) is 6.58 Å². The standard InChI is InChI=1S/C31H42N4O5/c1-9-17-35(29(38)24(15-16-25(32)36)33-30(39)40-31(6,7)8)27(23-18-19(2)13-14-20(23)3)28(37)34-26-21(4)11-10-12-22(26)5/h9-14,18,24,27H,1,15-17H2,2-8H3,(H2,32,36)(H,33,39)(H,34,37). The fourth-order valence-corrected chi connectivity index (χ4v) is 4.36. The third-order valence-corrected chi connectivity index (χ3v) is 6.30. The minimum absolute atomic E-state index is 0.000125. The number of primary amides is 1. The molecule has 2 aromatic carbocycles. The highest BCUT2D eigenvalue weighted by Gasteiger charge is 2.37. The number of para-hydroxylation sites is 1. The van der Waals surface area contributed by atoms with Crippen LogP contribution in [-0.2, 0) is 19.1 Å². The second kappa shape index (κ2) is 13.8. The van der Waals surface area contributed by atoms with Gasteiger partial charge in [-0.25, -0.2) is 4.79 Å². The Morgan fingerprint density at radius 1 is 1.02 bits per heavy atom. The number of nitrogens with two attached hydrogens (primary N) is 1. The molecule has 0 aliphatic carbocycles. The van der Waals surface area contributed by atoms with Gasteiger partial charge in [0.2, 0.25) is 11.8 Å². The fraction of sp³-hybridized carbons (Fsp3) is 0.419. The number of hydrogen-bond donors (Lipinski definition) is 3. The molecule has 40 heavy (non-hydrogen) atoms. The van der Waals surface area contributed by atoms with Gasteiger partial charge >= 0.3 is 6.09 Å². The smallest absolute Gasteiger partial charge is 0.408 e. The largest absolute Gasteiger partial charge is 0.444 e. The van der Waals surface area contributed by atoms with Crippen LogP contribution in [0.4, 0.5) is 10.5 Å². The quantitative estimate of drug-likeness (QED) is 0.347. The maximum atomic E-state index is 14.1. The topological polar surface area (TPSA) is 131 Å². The van der Waals surface area contributed by atoms with Gasteiger partial charge in [0, 0.05) is 18.7 Å². The predicted octanol–water partition coefficient (Wildman–Crippen LogP) is 4.77. The van der Waals surface area contributed by atoms with Gasteiger partial charge in [-0.2, -0.15) is 0 Å². The average molecular weight is 551 g/mol. The molecule has 0 spiro atoms. The summed E-state index contributed by atoms with van der Waals surface area (Å²) in [4.78, 5) is 53.9. The number of anilines is 1. The van der Waals surface area contributed by atoms with Gasteiger partial charge in [-0.1, -0.05) is 48.0 Å². The van der Waals surface area contributed by atoms with Crippen molar-refractivity contribution in [1.29, 1.82) is 0 Å². The van der Waals surface area contributed by atoms with Gasteiger partial charge in [0.1, 0.15) is 17.7 Å². The molecule has 0 aliphatic heterocycles. The summed E-state index contributed by atoms with van der Waals surface area (Å²) in [5.41, 5.74) is 9.32. The van der Waals surface area contributed by atoms with Crippen LogP contribution in [-0.4, -0.2) is 46.9 Å². The number of carbonyl (C=O) groups excluding carboxylic acids is 4. The van der Waals surface area contributed by atoms with Crippen LogP contribution in [0.15, 0.2) is 49.1 Å².